The predicted octanol–water partition coefficient (Wildman–Crippen LogP) is 2.17. The maximum Gasteiger partial charge on any atom is 0.251 e. The van der Waals surface area contributed by atoms with E-state index in [4.69, 9.17) is 5.73 Å². The largest absolute Gasteiger partial charge is 0.373 e. The summed E-state index contributed by atoms with van der Waals surface area (Å²) in [4.78, 5) is 20.7. The first-order valence-corrected chi connectivity index (χ1v) is 8.76. The molecule has 1 aromatic carbocycles. The summed E-state index contributed by atoms with van der Waals surface area (Å²) >= 11 is 0. The molecular weight excluding hydrogens is 342 g/mol. The zero-order valence-electron chi connectivity index (χ0n) is 15.4. The number of rotatable bonds is 7. The van der Waals surface area contributed by atoms with Gasteiger partial charge in [-0.2, -0.15) is 10.1 Å². The standard InChI is InChI=1S/C19H23N7O/c1-13(8-11-26-10-3-9-22-26)23-18(27)15-6-4-14(5-7-15)16-12-17(21-2)25-19(20)24-16/h3-7,9-10,12-13H,8,11H2,1-2H3,(H,23,27)(H3,20,21,24,25)/t13-/m1/s1. The van der Waals surface area contributed by atoms with Gasteiger partial charge in [0.2, 0.25) is 5.95 Å². The van der Waals surface area contributed by atoms with Crippen LogP contribution in [0.15, 0.2) is 48.8 Å². The van der Waals surface area contributed by atoms with Crippen LogP contribution >= 0.6 is 0 Å². The average molecular weight is 365 g/mol. The molecule has 8 nitrogen and oxygen atoms in total. The van der Waals surface area contributed by atoms with E-state index in [9.17, 15) is 4.79 Å². The fourth-order valence-corrected chi connectivity index (χ4v) is 2.67. The maximum atomic E-state index is 12.4. The van der Waals surface area contributed by atoms with Crippen LogP contribution in [0.4, 0.5) is 11.8 Å². The van der Waals surface area contributed by atoms with Gasteiger partial charge in [-0.15, -0.1) is 0 Å². The number of aryl methyl sites for hydroxylation is 1. The lowest BCUT2D eigenvalue weighted by Crippen LogP contribution is -2.33. The van der Waals surface area contributed by atoms with E-state index in [0.717, 1.165) is 18.5 Å². The molecule has 2 aromatic heterocycles. The highest BCUT2D eigenvalue weighted by molar-refractivity contribution is 5.94. The third-order valence-electron chi connectivity index (χ3n) is 4.17. The number of amides is 1. The second-order valence-electron chi connectivity index (χ2n) is 6.26. The van der Waals surface area contributed by atoms with Gasteiger partial charge in [0.1, 0.15) is 5.82 Å². The Balaban J connectivity index is 1.62. The molecule has 0 aliphatic heterocycles. The van der Waals surface area contributed by atoms with E-state index in [1.165, 1.54) is 0 Å². The number of nitrogens with zero attached hydrogens (tertiary/aromatic N) is 4. The number of nitrogens with one attached hydrogen (secondary N) is 2. The molecule has 1 atom stereocenters. The third kappa shape index (κ3) is 4.81. The van der Waals surface area contributed by atoms with Gasteiger partial charge in [0.25, 0.3) is 5.91 Å². The van der Waals surface area contributed by atoms with Crippen LogP contribution in [0.2, 0.25) is 0 Å². The Bertz CT molecular complexity index is 891. The van der Waals surface area contributed by atoms with Crippen LogP contribution in [0.5, 0.6) is 0 Å². The third-order valence-corrected chi connectivity index (χ3v) is 4.17. The van der Waals surface area contributed by atoms with Crippen molar-refractivity contribution in [2.24, 2.45) is 0 Å². The Morgan fingerprint density at radius 2 is 2.04 bits per heavy atom. The molecule has 0 bridgehead atoms. The SMILES string of the molecule is CNc1cc(-c2ccc(C(=O)N[C@H](C)CCn3cccn3)cc2)nc(N)n1. The minimum absolute atomic E-state index is 0.0428. The normalized spacial score (nSPS) is 11.8. The molecule has 8 heteroatoms. The van der Waals surface area contributed by atoms with Crippen LogP contribution in [0.1, 0.15) is 23.7 Å². The molecule has 2 heterocycles. The van der Waals surface area contributed by atoms with Crippen LogP contribution in [0.3, 0.4) is 0 Å². The van der Waals surface area contributed by atoms with E-state index in [2.05, 4.69) is 25.7 Å². The minimum atomic E-state index is -0.104. The summed E-state index contributed by atoms with van der Waals surface area (Å²) in [6, 6.07) is 11.0. The molecule has 0 aliphatic carbocycles. The van der Waals surface area contributed by atoms with Crippen LogP contribution in [-0.2, 0) is 6.54 Å². The number of benzene rings is 1. The van der Waals surface area contributed by atoms with Crippen molar-refractivity contribution in [3.05, 3.63) is 54.4 Å². The first-order valence-electron chi connectivity index (χ1n) is 8.76. The summed E-state index contributed by atoms with van der Waals surface area (Å²) in [5.41, 5.74) is 7.90. The summed E-state index contributed by atoms with van der Waals surface area (Å²) in [6.45, 7) is 2.75. The molecule has 1 amide bonds. The molecule has 4 N–H and O–H groups in total. The second-order valence-corrected chi connectivity index (χ2v) is 6.26. The number of nitrogen functional groups attached to an aromatic ring is 1. The second kappa shape index (κ2) is 8.31. The summed E-state index contributed by atoms with van der Waals surface area (Å²) in [5, 5.41) is 10.1. The Morgan fingerprint density at radius 1 is 1.26 bits per heavy atom. The topological polar surface area (TPSA) is 111 Å². The minimum Gasteiger partial charge on any atom is -0.373 e. The fraction of sp³-hybridized carbons (Fsp3) is 0.263. The Kier molecular flexibility index (Phi) is 5.65. The van der Waals surface area contributed by atoms with Crippen LogP contribution in [0.25, 0.3) is 11.3 Å². The van der Waals surface area contributed by atoms with Gasteiger partial charge < -0.3 is 16.4 Å². The van der Waals surface area contributed by atoms with Crippen molar-refractivity contribution in [2.75, 3.05) is 18.1 Å². The van der Waals surface area contributed by atoms with E-state index in [1.807, 2.05) is 42.1 Å². The van der Waals surface area contributed by atoms with Gasteiger partial charge in [-0.3, -0.25) is 9.48 Å². The molecule has 0 fully saturated rings. The van der Waals surface area contributed by atoms with Crippen molar-refractivity contribution in [3.8, 4) is 11.3 Å². The molecular formula is C19H23N7O. The zero-order chi connectivity index (χ0) is 19.2. The van der Waals surface area contributed by atoms with Gasteiger partial charge in [-0.25, -0.2) is 4.98 Å². The van der Waals surface area contributed by atoms with E-state index >= 15 is 0 Å². The smallest absolute Gasteiger partial charge is 0.251 e. The fourth-order valence-electron chi connectivity index (χ4n) is 2.67. The number of hydrogen-bond donors (Lipinski definition) is 3. The number of hydrogen-bond acceptors (Lipinski definition) is 6. The number of carbonyl (C=O) groups is 1. The first kappa shape index (κ1) is 18.4. The highest BCUT2D eigenvalue weighted by Crippen LogP contribution is 2.21. The van der Waals surface area contributed by atoms with Crippen molar-refractivity contribution < 1.29 is 4.79 Å². The van der Waals surface area contributed by atoms with E-state index in [1.54, 1.807) is 25.4 Å². The van der Waals surface area contributed by atoms with Gasteiger partial charge in [-0.1, -0.05) is 12.1 Å². The summed E-state index contributed by atoms with van der Waals surface area (Å²) < 4.78 is 1.85. The molecule has 0 radical (unpaired) electrons. The van der Waals surface area contributed by atoms with Crippen molar-refractivity contribution in [2.45, 2.75) is 25.9 Å². The number of anilines is 2. The lowest BCUT2D eigenvalue weighted by atomic mass is 10.1. The number of aromatic nitrogens is 4. The zero-order valence-corrected chi connectivity index (χ0v) is 15.4. The van der Waals surface area contributed by atoms with Gasteiger partial charge in [0.05, 0.1) is 5.69 Å². The summed E-state index contributed by atoms with van der Waals surface area (Å²) in [5.74, 6) is 0.739. The Morgan fingerprint density at radius 3 is 2.70 bits per heavy atom. The van der Waals surface area contributed by atoms with E-state index in [-0.39, 0.29) is 17.9 Å². The van der Waals surface area contributed by atoms with Crippen molar-refractivity contribution in [3.63, 3.8) is 0 Å². The lowest BCUT2D eigenvalue weighted by Gasteiger charge is -2.14. The summed E-state index contributed by atoms with van der Waals surface area (Å²) in [6.07, 6.45) is 4.46. The van der Waals surface area contributed by atoms with Crippen LogP contribution in [-0.4, -0.2) is 38.7 Å². The molecule has 27 heavy (non-hydrogen) atoms. The quantitative estimate of drug-likeness (QED) is 0.592. The number of nitrogens with two attached hydrogens (primary N) is 1. The van der Waals surface area contributed by atoms with E-state index in [0.29, 0.717) is 17.1 Å². The molecule has 0 unspecified atom stereocenters. The van der Waals surface area contributed by atoms with Crippen molar-refractivity contribution >= 4 is 17.7 Å². The Labute approximate surface area is 157 Å². The van der Waals surface area contributed by atoms with Gasteiger partial charge in [0, 0.05) is 49.2 Å². The molecule has 0 saturated heterocycles. The molecule has 3 rings (SSSR count). The molecule has 0 spiro atoms. The van der Waals surface area contributed by atoms with Gasteiger partial charge in [0.15, 0.2) is 0 Å². The van der Waals surface area contributed by atoms with E-state index < -0.39 is 0 Å². The predicted molar refractivity (Wildman–Crippen MR) is 105 cm³/mol. The molecule has 3 aromatic rings. The van der Waals surface area contributed by atoms with Crippen molar-refractivity contribution in [1.29, 1.82) is 0 Å². The molecule has 140 valence electrons. The highest BCUT2D eigenvalue weighted by atomic mass is 16.1. The monoisotopic (exact) mass is 365 g/mol. The number of carbonyl (C=O) groups excluding carboxylic acids is 1. The van der Waals surface area contributed by atoms with Crippen LogP contribution in [0, 0.1) is 0 Å². The molecule has 0 aliphatic rings. The summed E-state index contributed by atoms with van der Waals surface area (Å²) in [7, 11) is 1.77. The van der Waals surface area contributed by atoms with Crippen molar-refractivity contribution in [1.82, 2.24) is 25.1 Å². The van der Waals surface area contributed by atoms with Crippen LogP contribution < -0.4 is 16.4 Å². The maximum absolute atomic E-state index is 12.4. The van der Waals surface area contributed by atoms with Gasteiger partial charge in [-0.05, 0) is 31.5 Å². The lowest BCUT2D eigenvalue weighted by molar-refractivity contribution is 0.0937. The average Bonchev–Trinajstić information content (AvgIpc) is 3.19. The molecule has 0 saturated carbocycles. The highest BCUT2D eigenvalue weighted by Gasteiger charge is 2.11. The van der Waals surface area contributed by atoms with Gasteiger partial charge >= 0.3 is 0 Å². The Hall–Kier alpha value is -3.42. The first-order chi connectivity index (χ1) is 13.0.